The van der Waals surface area contributed by atoms with Gasteiger partial charge in [-0.15, -0.1) is 0 Å². The van der Waals surface area contributed by atoms with Crippen molar-refractivity contribution in [2.75, 3.05) is 0 Å². The summed E-state index contributed by atoms with van der Waals surface area (Å²) in [4.78, 5) is 11.8. The Morgan fingerprint density at radius 1 is 1.00 bits per heavy atom. The van der Waals surface area contributed by atoms with Crippen LogP contribution in [-0.4, -0.2) is 5.91 Å². The molecule has 1 amide bonds. The van der Waals surface area contributed by atoms with Crippen LogP contribution in [0, 0.1) is 6.92 Å². The van der Waals surface area contributed by atoms with E-state index in [1.165, 1.54) is 11.1 Å². The fourth-order valence-corrected chi connectivity index (χ4v) is 2.23. The molecule has 3 heteroatoms. The number of carbonyl (C=O) groups is 1. The van der Waals surface area contributed by atoms with Gasteiger partial charge in [-0.3, -0.25) is 4.79 Å². The zero-order valence-corrected chi connectivity index (χ0v) is 13.0. The highest BCUT2D eigenvalue weighted by Gasteiger charge is 2.02. The van der Waals surface area contributed by atoms with Crippen LogP contribution in [0.5, 0.6) is 0 Å². The lowest BCUT2D eigenvalue weighted by Gasteiger charge is -2.06. The molecule has 110 valence electrons. The topological polar surface area (TPSA) is 29.1 Å². The number of benzene rings is 2. The van der Waals surface area contributed by atoms with Gasteiger partial charge in [-0.05, 0) is 43.0 Å². The van der Waals surface area contributed by atoms with Gasteiger partial charge in [-0.2, -0.15) is 0 Å². The first-order chi connectivity index (χ1) is 10.1. The van der Waals surface area contributed by atoms with Crippen molar-refractivity contribution in [1.82, 2.24) is 5.32 Å². The van der Waals surface area contributed by atoms with E-state index in [-0.39, 0.29) is 5.91 Å². The third-order valence-electron chi connectivity index (χ3n) is 3.39. The molecule has 0 unspecified atom stereocenters. The van der Waals surface area contributed by atoms with Gasteiger partial charge < -0.3 is 5.32 Å². The Hall–Kier alpha value is -1.80. The molecule has 21 heavy (non-hydrogen) atoms. The van der Waals surface area contributed by atoms with E-state index >= 15 is 0 Å². The second-order valence-electron chi connectivity index (χ2n) is 5.24. The van der Waals surface area contributed by atoms with Crippen LogP contribution in [0.1, 0.15) is 29.5 Å². The molecule has 0 radical (unpaired) electrons. The van der Waals surface area contributed by atoms with Gasteiger partial charge in [-0.1, -0.05) is 53.6 Å². The minimum absolute atomic E-state index is 0.0945. The Kier molecular flexibility index (Phi) is 5.82. The van der Waals surface area contributed by atoms with Gasteiger partial charge in [0.2, 0.25) is 5.91 Å². The molecule has 0 atom stereocenters. The first-order valence-electron chi connectivity index (χ1n) is 7.20. The quantitative estimate of drug-likeness (QED) is 0.847. The summed E-state index contributed by atoms with van der Waals surface area (Å²) in [6, 6.07) is 16.0. The largest absolute Gasteiger partial charge is 0.352 e. The predicted molar refractivity (Wildman–Crippen MR) is 87.4 cm³/mol. The summed E-state index contributed by atoms with van der Waals surface area (Å²) < 4.78 is 0. The number of amides is 1. The monoisotopic (exact) mass is 301 g/mol. The van der Waals surface area contributed by atoms with Crippen molar-refractivity contribution in [2.45, 2.75) is 32.7 Å². The number of hydrogen-bond donors (Lipinski definition) is 1. The van der Waals surface area contributed by atoms with Gasteiger partial charge in [0.25, 0.3) is 0 Å². The Labute approximate surface area is 131 Å². The van der Waals surface area contributed by atoms with Crippen molar-refractivity contribution in [3.8, 4) is 0 Å². The van der Waals surface area contributed by atoms with E-state index in [9.17, 15) is 4.79 Å². The molecule has 0 saturated heterocycles. The van der Waals surface area contributed by atoms with E-state index in [1.807, 2.05) is 24.3 Å². The number of nitrogens with one attached hydrogen (secondary N) is 1. The number of halogens is 1. The second kappa shape index (κ2) is 7.84. The zero-order valence-electron chi connectivity index (χ0n) is 12.2. The number of carbonyl (C=O) groups excluding carboxylic acids is 1. The third kappa shape index (κ3) is 5.60. The molecule has 0 fully saturated rings. The lowest BCUT2D eigenvalue weighted by molar-refractivity contribution is -0.121. The maximum atomic E-state index is 11.8. The first kappa shape index (κ1) is 15.6. The smallest absolute Gasteiger partial charge is 0.220 e. The van der Waals surface area contributed by atoms with Crippen molar-refractivity contribution in [2.24, 2.45) is 0 Å². The Morgan fingerprint density at radius 3 is 2.29 bits per heavy atom. The van der Waals surface area contributed by atoms with E-state index in [4.69, 9.17) is 11.6 Å². The van der Waals surface area contributed by atoms with Crippen LogP contribution in [0.3, 0.4) is 0 Å². The summed E-state index contributed by atoms with van der Waals surface area (Å²) in [6.07, 6.45) is 2.37. The minimum Gasteiger partial charge on any atom is -0.352 e. The molecule has 0 spiro atoms. The molecule has 1 N–H and O–H groups in total. The lowest BCUT2D eigenvalue weighted by Crippen LogP contribution is -2.22. The van der Waals surface area contributed by atoms with E-state index in [0.717, 1.165) is 18.4 Å². The number of hydrogen-bond acceptors (Lipinski definition) is 1. The predicted octanol–water partition coefficient (Wildman–Crippen LogP) is 4.29. The Morgan fingerprint density at radius 2 is 1.62 bits per heavy atom. The second-order valence-corrected chi connectivity index (χ2v) is 5.68. The van der Waals surface area contributed by atoms with Gasteiger partial charge in [0.05, 0.1) is 0 Å². The van der Waals surface area contributed by atoms with Gasteiger partial charge in [-0.25, -0.2) is 0 Å². The van der Waals surface area contributed by atoms with Gasteiger partial charge in [0.15, 0.2) is 0 Å². The Bertz CT molecular complexity index is 575. The molecule has 2 nitrogen and oxygen atoms in total. The first-order valence-corrected chi connectivity index (χ1v) is 7.58. The minimum atomic E-state index is 0.0945. The molecule has 0 saturated carbocycles. The highest BCUT2D eigenvalue weighted by atomic mass is 35.5. The fraction of sp³-hybridized carbons (Fsp3) is 0.278. The fourth-order valence-electron chi connectivity index (χ4n) is 2.10. The van der Waals surface area contributed by atoms with Crippen LogP contribution >= 0.6 is 11.6 Å². The van der Waals surface area contributed by atoms with Crippen LogP contribution in [-0.2, 0) is 17.8 Å². The average Bonchev–Trinajstić information content (AvgIpc) is 2.49. The van der Waals surface area contributed by atoms with Crippen molar-refractivity contribution in [3.05, 3.63) is 70.2 Å². The van der Waals surface area contributed by atoms with Crippen LogP contribution in [0.15, 0.2) is 48.5 Å². The highest BCUT2D eigenvalue weighted by molar-refractivity contribution is 6.30. The SMILES string of the molecule is Cc1ccc(CCCC(=O)NCc2ccc(Cl)cc2)cc1. The third-order valence-corrected chi connectivity index (χ3v) is 3.64. The maximum Gasteiger partial charge on any atom is 0.220 e. The van der Waals surface area contributed by atoms with Crippen LogP contribution < -0.4 is 5.32 Å². The molecule has 2 aromatic carbocycles. The van der Waals surface area contributed by atoms with E-state index in [0.29, 0.717) is 18.0 Å². The summed E-state index contributed by atoms with van der Waals surface area (Å²) >= 11 is 5.82. The maximum absolute atomic E-state index is 11.8. The molecule has 0 heterocycles. The highest BCUT2D eigenvalue weighted by Crippen LogP contribution is 2.10. The van der Waals surface area contributed by atoms with Crippen molar-refractivity contribution >= 4 is 17.5 Å². The van der Waals surface area contributed by atoms with Crippen LogP contribution in [0.4, 0.5) is 0 Å². The Balaban J connectivity index is 1.67. The molecule has 0 aliphatic carbocycles. The molecular formula is C18H20ClNO. The van der Waals surface area contributed by atoms with Crippen molar-refractivity contribution in [3.63, 3.8) is 0 Å². The standard InChI is InChI=1S/C18H20ClNO/c1-14-5-7-15(8-6-14)3-2-4-18(21)20-13-16-9-11-17(19)12-10-16/h5-12H,2-4,13H2,1H3,(H,20,21). The van der Waals surface area contributed by atoms with Crippen molar-refractivity contribution in [1.29, 1.82) is 0 Å². The zero-order chi connectivity index (χ0) is 15.1. The van der Waals surface area contributed by atoms with Crippen LogP contribution in [0.2, 0.25) is 5.02 Å². The molecular weight excluding hydrogens is 282 g/mol. The lowest BCUT2D eigenvalue weighted by atomic mass is 10.1. The molecule has 0 bridgehead atoms. The number of rotatable bonds is 6. The van der Waals surface area contributed by atoms with Gasteiger partial charge in [0, 0.05) is 18.0 Å². The molecule has 0 aliphatic heterocycles. The molecule has 0 aromatic heterocycles. The molecule has 2 rings (SSSR count). The van der Waals surface area contributed by atoms with E-state index in [1.54, 1.807) is 0 Å². The number of aryl methyl sites for hydroxylation is 2. The van der Waals surface area contributed by atoms with Gasteiger partial charge in [0.1, 0.15) is 0 Å². The normalized spacial score (nSPS) is 10.4. The van der Waals surface area contributed by atoms with E-state index in [2.05, 4.69) is 36.5 Å². The van der Waals surface area contributed by atoms with Gasteiger partial charge >= 0.3 is 0 Å². The summed E-state index contributed by atoms with van der Waals surface area (Å²) in [7, 11) is 0. The summed E-state index contributed by atoms with van der Waals surface area (Å²) in [5, 5.41) is 3.64. The molecule has 2 aromatic rings. The van der Waals surface area contributed by atoms with Crippen molar-refractivity contribution < 1.29 is 4.79 Å². The van der Waals surface area contributed by atoms with E-state index < -0.39 is 0 Å². The summed E-state index contributed by atoms with van der Waals surface area (Å²) in [6.45, 7) is 2.63. The average molecular weight is 302 g/mol. The molecule has 0 aliphatic rings. The summed E-state index contributed by atoms with van der Waals surface area (Å²) in [5.41, 5.74) is 3.61. The van der Waals surface area contributed by atoms with Crippen LogP contribution in [0.25, 0.3) is 0 Å². The summed E-state index contributed by atoms with van der Waals surface area (Å²) in [5.74, 6) is 0.0945.